The van der Waals surface area contributed by atoms with Crippen LogP contribution in [0.3, 0.4) is 0 Å². The number of allylic oxidation sites excluding steroid dienone is 4. The maximum atomic E-state index is 12.8. The van der Waals surface area contributed by atoms with E-state index in [1.807, 2.05) is 13.0 Å². The first-order valence-electron chi connectivity index (χ1n) is 15.6. The smallest absolute Gasteiger partial charge is 0.410 e. The van der Waals surface area contributed by atoms with Gasteiger partial charge in [-0.2, -0.15) is 0 Å². The summed E-state index contributed by atoms with van der Waals surface area (Å²) in [7, 11) is 0. The number of aliphatic hydroxyl groups excluding tert-OH is 1. The number of carbonyl (C=O) groups is 2. The zero-order valence-electron chi connectivity index (χ0n) is 25.7. The Hall–Kier alpha value is -2.22. The maximum Gasteiger partial charge on any atom is 0.410 e. The normalized spacial score (nSPS) is 36.7. The number of aliphatic hydroxyl groups is 1. The first-order chi connectivity index (χ1) is 19.5. The van der Waals surface area contributed by atoms with Gasteiger partial charge in [0.1, 0.15) is 23.9 Å². The fourth-order valence-corrected chi connectivity index (χ4v) is 6.88. The number of carbonyl (C=O) groups excluding carboxylic acids is 2. The van der Waals surface area contributed by atoms with Gasteiger partial charge in [-0.15, -0.1) is 0 Å². The number of amides is 1. The predicted molar refractivity (Wildman–Crippen MR) is 160 cm³/mol. The van der Waals surface area contributed by atoms with E-state index in [0.29, 0.717) is 49.9 Å². The first kappa shape index (κ1) is 31.7. The molecule has 0 aromatic carbocycles. The first-order valence-corrected chi connectivity index (χ1v) is 15.6. The van der Waals surface area contributed by atoms with Crippen molar-refractivity contribution in [3.63, 3.8) is 0 Å². The number of epoxide rings is 1. The van der Waals surface area contributed by atoms with Crippen LogP contribution in [0.25, 0.3) is 0 Å². The number of rotatable bonds is 10. The van der Waals surface area contributed by atoms with Gasteiger partial charge in [-0.1, -0.05) is 49.8 Å². The topological polar surface area (TPSA) is 88.6 Å². The standard InChI is InChI=1S/C34H51NO6/c1-22(2)30-8-7-16-35(30)33(38)41-26(6)11-13-29(36)20-28-19-24(4)27(18-25(28)5)12-9-23(3)10-14-31-32(37)34(21-40-34)15-17-39-31/h9-11,13-14,24-28,30-32,37H,1,7-8,12,15-21H2,2-6H3/b13-11-,14-10+,23-9+/t24-,25-,26-,27+,28-,30?,31?,32+,34+/m0/s1. The van der Waals surface area contributed by atoms with Crippen LogP contribution in [0.15, 0.2) is 48.1 Å². The van der Waals surface area contributed by atoms with Gasteiger partial charge in [-0.3, -0.25) is 4.79 Å². The molecule has 1 aliphatic carbocycles. The van der Waals surface area contributed by atoms with Gasteiger partial charge in [0.05, 0.1) is 19.3 Å². The molecule has 4 fully saturated rings. The Morgan fingerprint density at radius 1 is 1.17 bits per heavy atom. The Bertz CT molecular complexity index is 1040. The van der Waals surface area contributed by atoms with Gasteiger partial charge in [0.15, 0.2) is 5.78 Å². The molecule has 1 N–H and O–H groups in total. The van der Waals surface area contributed by atoms with Crippen molar-refractivity contribution in [1.82, 2.24) is 4.90 Å². The van der Waals surface area contributed by atoms with Crippen LogP contribution < -0.4 is 0 Å². The summed E-state index contributed by atoms with van der Waals surface area (Å²) in [5, 5.41) is 10.5. The van der Waals surface area contributed by atoms with E-state index in [1.165, 1.54) is 5.57 Å². The number of hydrogen-bond donors (Lipinski definition) is 1. The molecule has 1 saturated carbocycles. The van der Waals surface area contributed by atoms with Crippen molar-refractivity contribution < 1.29 is 28.9 Å². The van der Waals surface area contributed by atoms with E-state index in [0.717, 1.165) is 44.1 Å². The molecule has 3 saturated heterocycles. The average Bonchev–Trinajstić information content (AvgIpc) is 3.51. The van der Waals surface area contributed by atoms with E-state index in [4.69, 9.17) is 14.2 Å². The van der Waals surface area contributed by atoms with Crippen LogP contribution in [0.1, 0.15) is 79.6 Å². The third-order valence-electron chi connectivity index (χ3n) is 9.81. The summed E-state index contributed by atoms with van der Waals surface area (Å²) in [5.74, 6) is 2.07. The predicted octanol–water partition coefficient (Wildman–Crippen LogP) is 6.18. The van der Waals surface area contributed by atoms with Crippen LogP contribution in [-0.4, -0.2) is 71.6 Å². The Morgan fingerprint density at radius 2 is 1.88 bits per heavy atom. The molecule has 9 atom stereocenters. The minimum absolute atomic E-state index is 0.0466. The maximum absolute atomic E-state index is 12.8. The molecular formula is C34H51NO6. The third kappa shape index (κ3) is 8.20. The molecule has 1 spiro atoms. The molecule has 2 unspecified atom stereocenters. The van der Waals surface area contributed by atoms with Crippen molar-refractivity contribution in [3.8, 4) is 0 Å². The SMILES string of the molecule is C=C(C)C1CCCN1C(=O)O[C@@H](C)/C=C\C(=O)C[C@@H]1C[C@H](C)[C@H](C/C=C(C)/C=C/C2OCC[C@@]3(CO3)[C@@H]2O)C[C@@H]1C. The molecule has 0 bridgehead atoms. The quantitative estimate of drug-likeness (QED) is 0.146. The number of ketones is 1. The van der Waals surface area contributed by atoms with E-state index >= 15 is 0 Å². The number of nitrogens with zero attached hydrogens (tertiary/aromatic N) is 1. The molecule has 3 aliphatic heterocycles. The molecule has 228 valence electrons. The minimum Gasteiger partial charge on any atom is -0.442 e. The fourth-order valence-electron chi connectivity index (χ4n) is 6.88. The Kier molecular flexibility index (Phi) is 10.7. The lowest BCUT2D eigenvalue weighted by Crippen LogP contribution is -2.46. The van der Waals surface area contributed by atoms with Crippen molar-refractivity contribution in [3.05, 3.63) is 48.1 Å². The molecule has 4 aliphatic rings. The second-order valence-corrected chi connectivity index (χ2v) is 13.2. The van der Waals surface area contributed by atoms with Gasteiger partial charge < -0.3 is 24.2 Å². The number of ether oxygens (including phenoxy) is 3. The summed E-state index contributed by atoms with van der Waals surface area (Å²) in [6.07, 6.45) is 14.3. The molecule has 7 nitrogen and oxygen atoms in total. The molecule has 0 aromatic heterocycles. The summed E-state index contributed by atoms with van der Waals surface area (Å²) in [6.45, 7) is 16.4. The van der Waals surface area contributed by atoms with Crippen molar-refractivity contribution in [2.45, 2.75) is 110 Å². The van der Waals surface area contributed by atoms with Crippen molar-refractivity contribution in [2.24, 2.45) is 23.7 Å². The number of hydrogen-bond acceptors (Lipinski definition) is 6. The minimum atomic E-state index is -0.600. The van der Waals surface area contributed by atoms with E-state index in [2.05, 4.69) is 39.5 Å². The molecule has 0 radical (unpaired) electrons. The fraction of sp³-hybridized carbons (Fsp3) is 0.706. The molecule has 7 heteroatoms. The van der Waals surface area contributed by atoms with E-state index < -0.39 is 12.2 Å². The number of likely N-dealkylation sites (tertiary alicyclic amines) is 1. The molecule has 1 amide bonds. The Balaban J connectivity index is 1.20. The zero-order valence-corrected chi connectivity index (χ0v) is 25.7. The summed E-state index contributed by atoms with van der Waals surface area (Å²) in [5.41, 5.74) is 1.78. The van der Waals surface area contributed by atoms with Crippen molar-refractivity contribution in [1.29, 1.82) is 0 Å². The molecule has 4 rings (SSSR count). The van der Waals surface area contributed by atoms with Gasteiger partial charge >= 0.3 is 6.09 Å². The lowest BCUT2D eigenvalue weighted by atomic mass is 9.67. The average molecular weight is 570 g/mol. The second kappa shape index (κ2) is 13.8. The summed E-state index contributed by atoms with van der Waals surface area (Å²) in [6, 6.07) is 0.0466. The lowest BCUT2D eigenvalue weighted by molar-refractivity contribution is -0.116. The Labute approximate surface area is 246 Å². The van der Waals surface area contributed by atoms with Gasteiger partial charge in [0.25, 0.3) is 0 Å². The summed E-state index contributed by atoms with van der Waals surface area (Å²) in [4.78, 5) is 27.2. The highest BCUT2D eigenvalue weighted by molar-refractivity contribution is 5.89. The zero-order chi connectivity index (χ0) is 29.7. The van der Waals surface area contributed by atoms with Crippen molar-refractivity contribution in [2.75, 3.05) is 19.8 Å². The van der Waals surface area contributed by atoms with Crippen LogP contribution in [0.5, 0.6) is 0 Å². The molecule has 3 heterocycles. The molecule has 41 heavy (non-hydrogen) atoms. The van der Waals surface area contributed by atoms with Crippen LogP contribution in [-0.2, 0) is 19.0 Å². The van der Waals surface area contributed by atoms with Crippen LogP contribution in [0, 0.1) is 23.7 Å². The van der Waals surface area contributed by atoms with Crippen LogP contribution >= 0.6 is 0 Å². The van der Waals surface area contributed by atoms with Gasteiger partial charge in [0.2, 0.25) is 0 Å². The van der Waals surface area contributed by atoms with Crippen molar-refractivity contribution >= 4 is 11.9 Å². The van der Waals surface area contributed by atoms with E-state index in [1.54, 1.807) is 24.0 Å². The highest BCUT2D eigenvalue weighted by atomic mass is 16.6. The third-order valence-corrected chi connectivity index (χ3v) is 9.81. The van der Waals surface area contributed by atoms with Gasteiger partial charge in [-0.05, 0) is 88.7 Å². The Morgan fingerprint density at radius 3 is 2.59 bits per heavy atom. The van der Waals surface area contributed by atoms with Gasteiger partial charge in [-0.25, -0.2) is 4.79 Å². The van der Waals surface area contributed by atoms with Gasteiger partial charge in [0, 0.05) is 19.4 Å². The highest BCUT2D eigenvalue weighted by Crippen LogP contribution is 2.42. The summed E-state index contributed by atoms with van der Waals surface area (Å²) >= 11 is 0. The monoisotopic (exact) mass is 569 g/mol. The highest BCUT2D eigenvalue weighted by Gasteiger charge is 2.55. The second-order valence-electron chi connectivity index (χ2n) is 13.2. The van der Waals surface area contributed by atoms with E-state index in [-0.39, 0.29) is 29.6 Å². The summed E-state index contributed by atoms with van der Waals surface area (Å²) < 4.78 is 16.9. The largest absolute Gasteiger partial charge is 0.442 e. The van der Waals surface area contributed by atoms with Crippen LogP contribution in [0.4, 0.5) is 4.79 Å². The van der Waals surface area contributed by atoms with Crippen LogP contribution in [0.2, 0.25) is 0 Å². The molecular weight excluding hydrogens is 518 g/mol. The lowest BCUT2D eigenvalue weighted by Gasteiger charge is -2.38. The van der Waals surface area contributed by atoms with E-state index in [9.17, 15) is 14.7 Å². The molecule has 0 aromatic rings.